The van der Waals surface area contributed by atoms with Crippen molar-refractivity contribution in [2.24, 2.45) is 7.05 Å². The summed E-state index contributed by atoms with van der Waals surface area (Å²) in [5.41, 5.74) is 5.33. The second kappa shape index (κ2) is 10.5. The molecule has 1 atom stereocenters. The van der Waals surface area contributed by atoms with Gasteiger partial charge in [0.15, 0.2) is 0 Å². The molecule has 0 fully saturated rings. The topological polar surface area (TPSA) is 80.6 Å². The van der Waals surface area contributed by atoms with Gasteiger partial charge in [-0.05, 0) is 91.9 Å². The minimum Gasteiger partial charge on any atom is -0.481 e. The molecule has 0 spiro atoms. The Bertz CT molecular complexity index is 1460. The summed E-state index contributed by atoms with van der Waals surface area (Å²) in [7, 11) is 1.88. The highest BCUT2D eigenvalue weighted by Crippen LogP contribution is 2.29. The highest BCUT2D eigenvalue weighted by molar-refractivity contribution is 6.31. The molecule has 186 valence electrons. The molecule has 4 aromatic rings. The Kier molecular flexibility index (Phi) is 7.36. The maximum Gasteiger partial charge on any atom is 0.303 e. The molecule has 0 saturated carbocycles. The van der Waals surface area contributed by atoms with Crippen molar-refractivity contribution in [3.05, 3.63) is 93.6 Å². The van der Waals surface area contributed by atoms with Gasteiger partial charge >= 0.3 is 5.97 Å². The van der Waals surface area contributed by atoms with E-state index in [1.165, 1.54) is 0 Å². The zero-order valence-corrected chi connectivity index (χ0v) is 21.5. The van der Waals surface area contributed by atoms with Crippen molar-refractivity contribution in [2.75, 3.05) is 0 Å². The average molecular weight is 505 g/mol. The summed E-state index contributed by atoms with van der Waals surface area (Å²) >= 11 is 6.17. The zero-order chi connectivity index (χ0) is 26.0. The van der Waals surface area contributed by atoms with Gasteiger partial charge in [0.2, 0.25) is 0 Å². The summed E-state index contributed by atoms with van der Waals surface area (Å²) in [6.45, 7) is 5.82. The quantitative estimate of drug-likeness (QED) is 0.278. The second-order valence-corrected chi connectivity index (χ2v) is 9.48. The zero-order valence-electron chi connectivity index (χ0n) is 20.8. The molecule has 0 saturated heterocycles. The number of carboxylic acid groups (broad SMARTS) is 1. The third-order valence-electron chi connectivity index (χ3n) is 6.49. The first kappa shape index (κ1) is 25.3. The predicted molar refractivity (Wildman–Crippen MR) is 142 cm³/mol. The van der Waals surface area contributed by atoms with Crippen LogP contribution in [0, 0.1) is 13.8 Å². The number of carboxylic acids is 1. The average Bonchev–Trinajstić information content (AvgIpc) is 3.07. The maximum atomic E-state index is 13.2. The van der Waals surface area contributed by atoms with E-state index in [1.54, 1.807) is 0 Å². The van der Waals surface area contributed by atoms with Gasteiger partial charge in [0, 0.05) is 29.4 Å². The van der Waals surface area contributed by atoms with E-state index in [2.05, 4.69) is 5.32 Å². The highest BCUT2D eigenvalue weighted by atomic mass is 35.5. The number of nitrogens with zero attached hydrogens (tertiary/aromatic N) is 1. The van der Waals surface area contributed by atoms with Gasteiger partial charge in [0.25, 0.3) is 5.91 Å². The molecule has 7 heteroatoms. The number of amides is 1. The van der Waals surface area contributed by atoms with Crippen LogP contribution in [0.4, 0.5) is 0 Å². The minimum atomic E-state index is -0.812. The lowest BCUT2D eigenvalue weighted by Gasteiger charge is -2.17. The maximum absolute atomic E-state index is 13.2. The molecular weight excluding hydrogens is 476 g/mol. The van der Waals surface area contributed by atoms with Crippen LogP contribution in [-0.2, 0) is 18.3 Å². The van der Waals surface area contributed by atoms with Crippen molar-refractivity contribution < 1.29 is 19.4 Å². The number of aliphatic carboxylic acids is 1. The van der Waals surface area contributed by atoms with Gasteiger partial charge in [0.1, 0.15) is 17.2 Å². The van der Waals surface area contributed by atoms with Gasteiger partial charge in [0.05, 0.1) is 6.04 Å². The van der Waals surface area contributed by atoms with Crippen molar-refractivity contribution in [2.45, 2.75) is 39.7 Å². The summed E-state index contributed by atoms with van der Waals surface area (Å²) in [6.07, 6.45) is 0.579. The van der Waals surface area contributed by atoms with Crippen LogP contribution < -0.4 is 10.1 Å². The molecule has 6 nitrogen and oxygen atoms in total. The Morgan fingerprint density at radius 1 is 1.06 bits per heavy atom. The number of ether oxygens (including phenoxy) is 1. The molecule has 0 aliphatic carbocycles. The first-order valence-electron chi connectivity index (χ1n) is 11.8. The molecule has 1 amide bonds. The molecule has 0 radical (unpaired) electrons. The highest BCUT2D eigenvalue weighted by Gasteiger charge is 2.20. The smallest absolute Gasteiger partial charge is 0.303 e. The van der Waals surface area contributed by atoms with Crippen LogP contribution in [-0.4, -0.2) is 21.6 Å². The van der Waals surface area contributed by atoms with E-state index >= 15 is 0 Å². The number of hydrogen-bond donors (Lipinski definition) is 2. The Morgan fingerprint density at radius 2 is 1.81 bits per heavy atom. The van der Waals surface area contributed by atoms with Crippen molar-refractivity contribution in [1.29, 1.82) is 0 Å². The molecule has 1 aromatic heterocycles. The van der Waals surface area contributed by atoms with E-state index in [9.17, 15) is 9.59 Å². The molecule has 3 aromatic carbocycles. The number of hydrogen-bond acceptors (Lipinski definition) is 3. The van der Waals surface area contributed by atoms with E-state index in [0.29, 0.717) is 28.6 Å². The fraction of sp³-hybridized carbons (Fsp3) is 0.241. The molecule has 1 heterocycles. The van der Waals surface area contributed by atoms with Gasteiger partial charge in [-0.1, -0.05) is 29.8 Å². The molecule has 0 aliphatic rings. The van der Waals surface area contributed by atoms with Crippen molar-refractivity contribution in [3.63, 3.8) is 0 Å². The monoisotopic (exact) mass is 504 g/mol. The Balaban J connectivity index is 1.49. The number of aryl methyl sites for hydroxylation is 4. The van der Waals surface area contributed by atoms with E-state index in [1.807, 2.05) is 93.0 Å². The fourth-order valence-corrected chi connectivity index (χ4v) is 4.68. The molecule has 0 unspecified atom stereocenters. The summed E-state index contributed by atoms with van der Waals surface area (Å²) in [5, 5.41) is 13.6. The molecule has 36 heavy (non-hydrogen) atoms. The third kappa shape index (κ3) is 5.39. The van der Waals surface area contributed by atoms with Crippen LogP contribution in [0.25, 0.3) is 10.9 Å². The Labute approximate surface area is 215 Å². The van der Waals surface area contributed by atoms with Crippen LogP contribution in [0.3, 0.4) is 0 Å². The summed E-state index contributed by atoms with van der Waals surface area (Å²) in [4.78, 5) is 24.1. The standard InChI is InChI=1S/C29H29ClN2O4/c1-17-14-24(11-8-20(17)9-13-27(33)34)36-23-7-5-6-21(15-23)19(3)31-29(35)28-18(2)25-16-22(30)10-12-26(25)32(28)4/h5-8,10-12,14-16,19H,9,13H2,1-4H3,(H,31,35)(H,33,34)/t19-/m1/s1. The molecular formula is C29H29ClN2O4. The summed E-state index contributed by atoms with van der Waals surface area (Å²) in [5.74, 6) is 0.355. The lowest BCUT2D eigenvalue weighted by Crippen LogP contribution is -2.28. The van der Waals surface area contributed by atoms with Crippen LogP contribution in [0.15, 0.2) is 60.7 Å². The Morgan fingerprint density at radius 3 is 2.53 bits per heavy atom. The van der Waals surface area contributed by atoms with E-state index in [4.69, 9.17) is 21.4 Å². The lowest BCUT2D eigenvalue weighted by molar-refractivity contribution is -0.136. The normalized spacial score (nSPS) is 11.9. The second-order valence-electron chi connectivity index (χ2n) is 9.05. The van der Waals surface area contributed by atoms with Crippen LogP contribution in [0.1, 0.15) is 52.1 Å². The lowest BCUT2D eigenvalue weighted by atomic mass is 10.0. The number of halogens is 1. The molecule has 4 rings (SSSR count). The van der Waals surface area contributed by atoms with Crippen LogP contribution >= 0.6 is 11.6 Å². The van der Waals surface area contributed by atoms with Crippen molar-refractivity contribution in [1.82, 2.24) is 9.88 Å². The minimum absolute atomic E-state index is 0.0960. The van der Waals surface area contributed by atoms with E-state index < -0.39 is 5.97 Å². The van der Waals surface area contributed by atoms with Gasteiger partial charge in [-0.15, -0.1) is 0 Å². The third-order valence-corrected chi connectivity index (χ3v) is 6.73. The number of benzene rings is 3. The van der Waals surface area contributed by atoms with Crippen molar-refractivity contribution in [3.8, 4) is 11.5 Å². The SMILES string of the molecule is Cc1cc(Oc2cccc([C@@H](C)NC(=O)c3c(C)c4cc(Cl)ccc4n3C)c2)ccc1CCC(=O)O. The number of carbonyl (C=O) groups is 2. The predicted octanol–water partition coefficient (Wildman–Crippen LogP) is 6.75. The largest absolute Gasteiger partial charge is 0.481 e. The van der Waals surface area contributed by atoms with E-state index in [-0.39, 0.29) is 18.4 Å². The Hall–Kier alpha value is -3.77. The first-order valence-corrected chi connectivity index (χ1v) is 12.2. The molecule has 0 aliphatic heterocycles. The van der Waals surface area contributed by atoms with Crippen LogP contribution in [0.5, 0.6) is 11.5 Å². The number of aromatic nitrogens is 1. The number of fused-ring (bicyclic) bond motifs is 1. The van der Waals surface area contributed by atoms with Gasteiger partial charge in [-0.25, -0.2) is 0 Å². The number of carbonyl (C=O) groups excluding carboxylic acids is 1. The number of rotatable bonds is 8. The van der Waals surface area contributed by atoms with Gasteiger partial charge in [-0.2, -0.15) is 0 Å². The van der Waals surface area contributed by atoms with E-state index in [0.717, 1.165) is 33.2 Å². The molecule has 2 N–H and O–H groups in total. The first-order chi connectivity index (χ1) is 17.1. The molecule has 0 bridgehead atoms. The summed E-state index contributed by atoms with van der Waals surface area (Å²) in [6, 6.07) is 18.7. The van der Waals surface area contributed by atoms with Crippen LogP contribution in [0.2, 0.25) is 5.02 Å². The van der Waals surface area contributed by atoms with Crippen molar-refractivity contribution >= 4 is 34.4 Å². The van der Waals surface area contributed by atoms with Gasteiger partial charge < -0.3 is 19.7 Å². The fourth-order valence-electron chi connectivity index (χ4n) is 4.51. The number of nitrogens with one attached hydrogen (secondary N) is 1. The summed E-state index contributed by atoms with van der Waals surface area (Å²) < 4.78 is 7.96. The van der Waals surface area contributed by atoms with Gasteiger partial charge in [-0.3, -0.25) is 9.59 Å².